The lowest BCUT2D eigenvalue weighted by molar-refractivity contribution is -0.167. The summed E-state index contributed by atoms with van der Waals surface area (Å²) in [4.78, 5) is 23.6. The minimum atomic E-state index is -0.142. The van der Waals surface area contributed by atoms with E-state index >= 15 is 0 Å². The number of hydrogen-bond acceptors (Lipinski definition) is 4. The van der Waals surface area contributed by atoms with E-state index in [-0.39, 0.29) is 34.3 Å². The molecule has 0 spiro atoms. The molecule has 0 heterocycles. The Bertz CT molecular complexity index is 871. The zero-order chi connectivity index (χ0) is 25.1. The van der Waals surface area contributed by atoms with E-state index in [1.807, 2.05) is 0 Å². The highest BCUT2D eigenvalue weighted by Gasteiger charge is 2.63. The van der Waals surface area contributed by atoms with E-state index < -0.39 is 0 Å². The first-order valence-electron chi connectivity index (χ1n) is 13.8. The van der Waals surface area contributed by atoms with Gasteiger partial charge in [0.25, 0.3) is 0 Å². The maximum absolute atomic E-state index is 11.8. The number of hydrogen-bond donors (Lipinski definition) is 0. The summed E-state index contributed by atoms with van der Waals surface area (Å²) >= 11 is 0. The van der Waals surface area contributed by atoms with Gasteiger partial charge in [-0.25, -0.2) is 0 Å². The summed E-state index contributed by atoms with van der Waals surface area (Å²) in [6.45, 7) is 16.3. The Morgan fingerprint density at radius 2 is 1.68 bits per heavy atom. The molecule has 0 aromatic rings. The van der Waals surface area contributed by atoms with E-state index in [9.17, 15) is 9.59 Å². The van der Waals surface area contributed by atoms with Crippen molar-refractivity contribution in [2.24, 2.45) is 39.4 Å². The first-order valence-corrected chi connectivity index (χ1v) is 13.8. The third kappa shape index (κ3) is 3.68. The van der Waals surface area contributed by atoms with E-state index in [1.54, 1.807) is 18.1 Å². The van der Waals surface area contributed by atoms with Crippen LogP contribution in [0.3, 0.4) is 0 Å². The summed E-state index contributed by atoms with van der Waals surface area (Å²) < 4.78 is 10.8. The summed E-state index contributed by atoms with van der Waals surface area (Å²) in [6, 6.07) is 0. The number of carbonyl (C=O) groups excluding carboxylic acids is 2. The molecule has 2 saturated carbocycles. The third-order valence-corrected chi connectivity index (χ3v) is 11.8. The Morgan fingerprint density at radius 1 is 0.971 bits per heavy atom. The van der Waals surface area contributed by atoms with Crippen LogP contribution in [0.2, 0.25) is 0 Å². The molecule has 0 radical (unpaired) electrons. The van der Waals surface area contributed by atoms with Crippen LogP contribution in [0.1, 0.15) is 113 Å². The summed E-state index contributed by atoms with van der Waals surface area (Å²) in [7, 11) is 1.49. The Hall–Kier alpha value is -1.32. The van der Waals surface area contributed by atoms with Crippen molar-refractivity contribution in [2.75, 3.05) is 7.11 Å². The molecule has 0 N–H and O–H groups in total. The molecular weight excluding hydrogens is 424 g/mol. The molecule has 0 aromatic heterocycles. The van der Waals surface area contributed by atoms with Gasteiger partial charge < -0.3 is 9.47 Å². The fourth-order valence-corrected chi connectivity index (χ4v) is 9.68. The number of fused-ring (bicyclic) bond motifs is 4. The van der Waals surface area contributed by atoms with Crippen molar-refractivity contribution >= 4 is 11.9 Å². The van der Waals surface area contributed by atoms with Crippen molar-refractivity contribution in [3.05, 3.63) is 11.1 Å². The lowest BCUT2D eigenvalue weighted by Crippen LogP contribution is -2.55. The average molecular weight is 473 g/mol. The molecule has 0 saturated heterocycles. The molecule has 0 amide bonds. The van der Waals surface area contributed by atoms with Crippen LogP contribution in [0.25, 0.3) is 0 Å². The number of ether oxygens (including phenoxy) is 2. The van der Waals surface area contributed by atoms with E-state index in [1.165, 1.54) is 45.6 Å². The van der Waals surface area contributed by atoms with Gasteiger partial charge in [-0.1, -0.05) is 52.7 Å². The van der Waals surface area contributed by atoms with Gasteiger partial charge in [0.2, 0.25) is 0 Å². The van der Waals surface area contributed by atoms with Gasteiger partial charge in [-0.2, -0.15) is 0 Å². The number of rotatable bonds is 5. The molecule has 2 fully saturated rings. The Morgan fingerprint density at radius 3 is 2.32 bits per heavy atom. The molecular formula is C30H48O4. The Kier molecular flexibility index (Phi) is 6.56. The van der Waals surface area contributed by atoms with Crippen molar-refractivity contribution in [1.82, 2.24) is 0 Å². The van der Waals surface area contributed by atoms with Crippen molar-refractivity contribution < 1.29 is 19.1 Å². The molecule has 0 unspecified atom stereocenters. The second-order valence-electron chi connectivity index (χ2n) is 13.4. The van der Waals surface area contributed by atoms with Crippen LogP contribution in [0, 0.1) is 39.4 Å². The smallest absolute Gasteiger partial charge is 0.305 e. The zero-order valence-corrected chi connectivity index (χ0v) is 23.0. The molecule has 0 bridgehead atoms. The van der Waals surface area contributed by atoms with Crippen molar-refractivity contribution in [2.45, 2.75) is 119 Å². The lowest BCUT2D eigenvalue weighted by atomic mass is 9.43. The Balaban J connectivity index is 1.63. The normalized spacial score (nSPS) is 41.7. The second kappa shape index (κ2) is 8.66. The molecule has 4 aliphatic rings. The highest BCUT2D eigenvalue weighted by atomic mass is 16.5. The second-order valence-corrected chi connectivity index (χ2v) is 13.4. The Labute approximate surface area is 207 Å². The summed E-state index contributed by atoms with van der Waals surface area (Å²) in [5, 5.41) is 0. The minimum absolute atomic E-state index is 0.000529. The highest BCUT2D eigenvalue weighted by molar-refractivity contribution is 5.69. The van der Waals surface area contributed by atoms with Crippen LogP contribution >= 0.6 is 0 Å². The number of carbonyl (C=O) groups is 2. The summed E-state index contributed by atoms with van der Waals surface area (Å²) in [5.41, 5.74) is 4.32. The van der Waals surface area contributed by atoms with Gasteiger partial charge in [-0.15, -0.1) is 0 Å². The molecule has 34 heavy (non-hydrogen) atoms. The number of allylic oxidation sites excluding steroid dienone is 2. The quantitative estimate of drug-likeness (QED) is 0.312. The van der Waals surface area contributed by atoms with E-state index in [2.05, 4.69) is 41.5 Å². The lowest BCUT2D eigenvalue weighted by Gasteiger charge is -2.62. The first kappa shape index (κ1) is 25.8. The number of esters is 2. The van der Waals surface area contributed by atoms with Crippen LogP contribution in [0.15, 0.2) is 11.1 Å². The minimum Gasteiger partial charge on any atom is -0.469 e. The average Bonchev–Trinajstić information content (AvgIpc) is 3.05. The topological polar surface area (TPSA) is 52.6 Å². The van der Waals surface area contributed by atoms with E-state index in [0.29, 0.717) is 29.6 Å². The molecule has 0 aromatic carbocycles. The van der Waals surface area contributed by atoms with Crippen LogP contribution in [0.5, 0.6) is 0 Å². The van der Waals surface area contributed by atoms with Gasteiger partial charge in [0.1, 0.15) is 6.10 Å². The van der Waals surface area contributed by atoms with E-state index in [4.69, 9.17) is 9.47 Å². The van der Waals surface area contributed by atoms with Crippen LogP contribution in [-0.2, 0) is 19.1 Å². The fraction of sp³-hybridized carbons (Fsp3) is 0.867. The monoisotopic (exact) mass is 472 g/mol. The molecule has 192 valence electrons. The predicted molar refractivity (Wildman–Crippen MR) is 135 cm³/mol. The van der Waals surface area contributed by atoms with Gasteiger partial charge in [0, 0.05) is 18.8 Å². The first-order chi connectivity index (χ1) is 15.8. The SMILES string of the molecule is COC(=O)CC[C@@H](C)[C@H]1CC[C@@]2(C)C3=C(CC[C@]12C)[C@@]1(C)CC[C@H](OC(C)=O)C(C)(C)[C@@H]1CC3. The van der Waals surface area contributed by atoms with Crippen molar-refractivity contribution in [1.29, 1.82) is 0 Å². The van der Waals surface area contributed by atoms with Crippen LogP contribution in [0.4, 0.5) is 0 Å². The summed E-state index contributed by atoms with van der Waals surface area (Å²) in [6.07, 6.45) is 11.0. The molecule has 0 aliphatic heterocycles. The van der Waals surface area contributed by atoms with Gasteiger partial charge in [-0.3, -0.25) is 9.59 Å². The maximum Gasteiger partial charge on any atom is 0.305 e. The zero-order valence-electron chi connectivity index (χ0n) is 23.0. The van der Waals surface area contributed by atoms with Crippen molar-refractivity contribution in [3.8, 4) is 0 Å². The highest BCUT2D eigenvalue weighted by Crippen LogP contribution is 2.72. The number of methoxy groups -OCH3 is 1. The molecule has 7 atom stereocenters. The summed E-state index contributed by atoms with van der Waals surface area (Å²) in [5.74, 6) is 1.54. The molecule has 4 nitrogen and oxygen atoms in total. The standard InChI is InChI=1S/C30H48O4/c1-19(9-12-26(32)33-8)21-13-17-30(7)23-10-11-24-27(3,4)25(34-20(2)31)15-16-28(24,5)22(23)14-18-29(21,30)6/h19,21,24-25H,9-18H2,1-8H3/t19-,21-,24+,25+,28-,29-,30+/m1/s1. The van der Waals surface area contributed by atoms with Gasteiger partial charge >= 0.3 is 11.9 Å². The van der Waals surface area contributed by atoms with Gasteiger partial charge in [0.05, 0.1) is 7.11 Å². The van der Waals surface area contributed by atoms with Gasteiger partial charge in [-0.05, 0) is 91.8 Å². The predicted octanol–water partition coefficient (Wildman–Crippen LogP) is 7.26. The largest absolute Gasteiger partial charge is 0.469 e. The fourth-order valence-electron chi connectivity index (χ4n) is 9.68. The molecule has 4 aliphatic carbocycles. The molecule has 4 heteroatoms. The van der Waals surface area contributed by atoms with Crippen LogP contribution < -0.4 is 0 Å². The van der Waals surface area contributed by atoms with E-state index in [0.717, 1.165) is 19.3 Å². The van der Waals surface area contributed by atoms with Crippen molar-refractivity contribution in [3.63, 3.8) is 0 Å². The third-order valence-electron chi connectivity index (χ3n) is 11.8. The maximum atomic E-state index is 11.8. The molecule has 4 rings (SSSR count). The van der Waals surface area contributed by atoms with Crippen LogP contribution in [-0.4, -0.2) is 25.2 Å². The van der Waals surface area contributed by atoms with Gasteiger partial charge in [0.15, 0.2) is 0 Å².